The van der Waals surface area contributed by atoms with Gasteiger partial charge < -0.3 is 10.2 Å². The van der Waals surface area contributed by atoms with Gasteiger partial charge in [-0.05, 0) is 22.6 Å². The van der Waals surface area contributed by atoms with E-state index in [-0.39, 0.29) is 12.2 Å². The van der Waals surface area contributed by atoms with Crippen molar-refractivity contribution in [2.45, 2.75) is 17.7 Å². The van der Waals surface area contributed by atoms with Crippen LogP contribution in [-0.2, 0) is 4.79 Å². The quantitative estimate of drug-likeness (QED) is 0.747. The van der Waals surface area contributed by atoms with Crippen molar-refractivity contribution in [3.63, 3.8) is 0 Å². The molecule has 7 nitrogen and oxygen atoms in total. The standard InChI is InChI=1S/C11H12N4O3S/c16-9(6-10(17)18)7-19-11-12-13-14-15(11)8-4-2-1-3-5-8/h1-5,9,16H,6-7H2,(H,17,18). The summed E-state index contributed by atoms with van der Waals surface area (Å²) in [5, 5.41) is 29.9. The van der Waals surface area contributed by atoms with Gasteiger partial charge in [0.15, 0.2) is 0 Å². The first-order chi connectivity index (χ1) is 9.16. The lowest BCUT2D eigenvalue weighted by molar-refractivity contribution is -0.138. The van der Waals surface area contributed by atoms with E-state index in [2.05, 4.69) is 15.5 Å². The van der Waals surface area contributed by atoms with E-state index in [1.54, 1.807) is 0 Å². The smallest absolute Gasteiger partial charge is 0.306 e. The minimum absolute atomic E-state index is 0.222. The van der Waals surface area contributed by atoms with Gasteiger partial charge in [-0.25, -0.2) is 0 Å². The van der Waals surface area contributed by atoms with Crippen molar-refractivity contribution in [3.8, 4) is 5.69 Å². The van der Waals surface area contributed by atoms with Gasteiger partial charge in [-0.15, -0.1) is 5.10 Å². The molecule has 0 amide bonds. The average Bonchev–Trinajstić information content (AvgIpc) is 2.85. The topological polar surface area (TPSA) is 101 Å². The molecule has 1 atom stereocenters. The number of thioether (sulfide) groups is 1. The van der Waals surface area contributed by atoms with Crippen LogP contribution < -0.4 is 0 Å². The fraction of sp³-hybridized carbons (Fsp3) is 0.273. The summed E-state index contributed by atoms with van der Waals surface area (Å²) in [6.07, 6.45) is -1.22. The molecule has 2 rings (SSSR count). The van der Waals surface area contributed by atoms with Crippen molar-refractivity contribution in [3.05, 3.63) is 30.3 Å². The van der Waals surface area contributed by atoms with Crippen LogP contribution in [0.2, 0.25) is 0 Å². The van der Waals surface area contributed by atoms with Crippen molar-refractivity contribution in [2.75, 3.05) is 5.75 Å². The predicted octanol–water partition coefficient (Wildman–Crippen LogP) is 0.590. The van der Waals surface area contributed by atoms with Crippen LogP contribution in [-0.4, -0.2) is 48.2 Å². The number of aliphatic carboxylic acids is 1. The van der Waals surface area contributed by atoms with Crippen LogP contribution in [0, 0.1) is 0 Å². The fourth-order valence-electron chi connectivity index (χ4n) is 1.43. The van der Waals surface area contributed by atoms with Gasteiger partial charge in [-0.1, -0.05) is 30.0 Å². The van der Waals surface area contributed by atoms with Crippen LogP contribution in [0.1, 0.15) is 6.42 Å². The molecule has 100 valence electrons. The van der Waals surface area contributed by atoms with E-state index < -0.39 is 12.1 Å². The van der Waals surface area contributed by atoms with Gasteiger partial charge in [0.1, 0.15) is 0 Å². The number of aromatic nitrogens is 4. The molecule has 0 aliphatic carbocycles. The summed E-state index contributed by atoms with van der Waals surface area (Å²) in [5.74, 6) is -0.810. The second-order valence-electron chi connectivity index (χ2n) is 3.77. The molecule has 1 aromatic carbocycles. The van der Waals surface area contributed by atoms with Crippen molar-refractivity contribution in [2.24, 2.45) is 0 Å². The number of carboxylic acids is 1. The Labute approximate surface area is 113 Å². The molecule has 0 spiro atoms. The SMILES string of the molecule is O=C(O)CC(O)CSc1nnnn1-c1ccccc1. The molecule has 19 heavy (non-hydrogen) atoms. The Morgan fingerprint density at radius 1 is 1.37 bits per heavy atom. The molecule has 2 aromatic rings. The molecule has 0 bridgehead atoms. The molecule has 1 aromatic heterocycles. The second-order valence-corrected chi connectivity index (χ2v) is 4.76. The van der Waals surface area contributed by atoms with Crippen LogP contribution in [0.25, 0.3) is 5.69 Å². The van der Waals surface area contributed by atoms with Gasteiger partial charge >= 0.3 is 5.97 Å². The van der Waals surface area contributed by atoms with Gasteiger partial charge in [0.05, 0.1) is 18.2 Å². The second kappa shape index (κ2) is 6.30. The predicted molar refractivity (Wildman–Crippen MR) is 68.1 cm³/mol. The molecule has 0 radical (unpaired) electrons. The van der Waals surface area contributed by atoms with Crippen LogP contribution >= 0.6 is 11.8 Å². The summed E-state index contributed by atoms with van der Waals surface area (Å²) in [5.41, 5.74) is 0.808. The van der Waals surface area contributed by atoms with Crippen LogP contribution in [0.15, 0.2) is 35.5 Å². The van der Waals surface area contributed by atoms with Crippen molar-refractivity contribution in [1.82, 2.24) is 20.2 Å². The number of nitrogens with zero attached hydrogens (tertiary/aromatic N) is 4. The van der Waals surface area contributed by atoms with E-state index in [4.69, 9.17) is 5.11 Å². The fourth-order valence-corrected chi connectivity index (χ4v) is 2.25. The highest BCUT2D eigenvalue weighted by molar-refractivity contribution is 7.99. The van der Waals surface area contributed by atoms with Gasteiger partial charge in [0.25, 0.3) is 0 Å². The number of carboxylic acid groups (broad SMARTS) is 1. The monoisotopic (exact) mass is 280 g/mol. The Morgan fingerprint density at radius 3 is 2.79 bits per heavy atom. The maximum absolute atomic E-state index is 10.4. The van der Waals surface area contributed by atoms with E-state index in [1.807, 2.05) is 30.3 Å². The Bertz CT molecular complexity index is 546. The molecule has 2 N–H and O–H groups in total. The normalized spacial score (nSPS) is 12.3. The third kappa shape index (κ3) is 3.76. The summed E-state index contributed by atoms with van der Waals surface area (Å²) in [4.78, 5) is 10.4. The van der Waals surface area contributed by atoms with E-state index in [0.29, 0.717) is 5.16 Å². The van der Waals surface area contributed by atoms with Gasteiger partial charge in [0.2, 0.25) is 5.16 Å². The molecule has 0 saturated carbocycles. The van der Waals surface area contributed by atoms with Crippen LogP contribution in [0.4, 0.5) is 0 Å². The highest BCUT2D eigenvalue weighted by Crippen LogP contribution is 2.19. The number of tetrazole rings is 1. The first kappa shape index (κ1) is 13.5. The zero-order valence-electron chi connectivity index (χ0n) is 9.88. The van der Waals surface area contributed by atoms with E-state index >= 15 is 0 Å². The number of para-hydroxylation sites is 1. The summed E-state index contributed by atoms with van der Waals surface area (Å²) < 4.78 is 1.54. The summed E-state index contributed by atoms with van der Waals surface area (Å²) in [6.45, 7) is 0. The van der Waals surface area contributed by atoms with Gasteiger partial charge in [-0.2, -0.15) is 4.68 Å². The summed E-state index contributed by atoms with van der Waals surface area (Å²) in [6, 6.07) is 9.33. The molecule has 0 fully saturated rings. The number of carbonyl (C=O) groups is 1. The molecule has 1 heterocycles. The number of aliphatic hydroxyl groups is 1. The largest absolute Gasteiger partial charge is 0.481 e. The van der Waals surface area contributed by atoms with Crippen molar-refractivity contribution >= 4 is 17.7 Å². The zero-order chi connectivity index (χ0) is 13.7. The Kier molecular flexibility index (Phi) is 4.48. The molecule has 1 unspecified atom stereocenters. The number of benzene rings is 1. The third-order valence-corrected chi connectivity index (χ3v) is 3.32. The number of aliphatic hydroxyl groups excluding tert-OH is 1. The Morgan fingerprint density at radius 2 is 2.11 bits per heavy atom. The van der Waals surface area contributed by atoms with Gasteiger partial charge in [0, 0.05) is 5.75 Å². The average molecular weight is 280 g/mol. The lowest BCUT2D eigenvalue weighted by atomic mass is 10.3. The van der Waals surface area contributed by atoms with E-state index in [9.17, 15) is 9.90 Å². The van der Waals surface area contributed by atoms with Crippen molar-refractivity contribution < 1.29 is 15.0 Å². The first-order valence-corrected chi connectivity index (χ1v) is 6.52. The third-order valence-electron chi connectivity index (χ3n) is 2.26. The maximum atomic E-state index is 10.4. The molecule has 0 aliphatic rings. The summed E-state index contributed by atoms with van der Waals surface area (Å²) >= 11 is 1.21. The molecular weight excluding hydrogens is 268 g/mol. The molecule has 8 heteroatoms. The molecular formula is C11H12N4O3S. The molecule has 0 aliphatic heterocycles. The van der Waals surface area contributed by atoms with E-state index in [0.717, 1.165) is 5.69 Å². The minimum atomic E-state index is -1.03. The first-order valence-electron chi connectivity index (χ1n) is 5.53. The summed E-state index contributed by atoms with van der Waals surface area (Å²) in [7, 11) is 0. The lowest BCUT2D eigenvalue weighted by Crippen LogP contribution is -2.15. The maximum Gasteiger partial charge on any atom is 0.306 e. The highest BCUT2D eigenvalue weighted by atomic mass is 32.2. The lowest BCUT2D eigenvalue weighted by Gasteiger charge is -2.07. The Balaban J connectivity index is 2.03. The van der Waals surface area contributed by atoms with Gasteiger partial charge in [-0.3, -0.25) is 4.79 Å². The zero-order valence-corrected chi connectivity index (χ0v) is 10.7. The number of rotatable bonds is 6. The minimum Gasteiger partial charge on any atom is -0.481 e. The van der Waals surface area contributed by atoms with Crippen LogP contribution in [0.5, 0.6) is 0 Å². The Hall–Kier alpha value is -1.93. The highest BCUT2D eigenvalue weighted by Gasteiger charge is 2.14. The molecule has 0 saturated heterocycles. The van der Waals surface area contributed by atoms with Crippen molar-refractivity contribution in [1.29, 1.82) is 0 Å². The number of hydrogen-bond acceptors (Lipinski definition) is 6. The van der Waals surface area contributed by atoms with E-state index in [1.165, 1.54) is 16.4 Å². The van der Waals surface area contributed by atoms with Crippen LogP contribution in [0.3, 0.4) is 0 Å². The number of hydrogen-bond donors (Lipinski definition) is 2.